The van der Waals surface area contributed by atoms with Gasteiger partial charge in [0.1, 0.15) is 0 Å². The van der Waals surface area contributed by atoms with Crippen LogP contribution in [0.2, 0.25) is 0 Å². The predicted molar refractivity (Wildman–Crippen MR) is 118 cm³/mol. The highest BCUT2D eigenvalue weighted by Crippen LogP contribution is 2.28. The zero-order valence-corrected chi connectivity index (χ0v) is 16.8. The van der Waals surface area contributed by atoms with Crippen LogP contribution in [0.1, 0.15) is 15.2 Å². The van der Waals surface area contributed by atoms with Gasteiger partial charge < -0.3 is 9.80 Å². The van der Waals surface area contributed by atoms with Gasteiger partial charge in [0, 0.05) is 47.6 Å². The predicted octanol–water partition coefficient (Wildman–Crippen LogP) is 4.41. The highest BCUT2D eigenvalue weighted by Gasteiger charge is 2.23. The normalized spacial score (nSPS) is 14.3. The van der Waals surface area contributed by atoms with Crippen molar-refractivity contribution in [3.63, 3.8) is 0 Å². The molecule has 0 saturated carbocycles. The van der Waals surface area contributed by atoms with Crippen molar-refractivity contribution in [3.8, 4) is 10.4 Å². The molecular formula is C24H22N2O2S. The van der Waals surface area contributed by atoms with E-state index in [2.05, 4.69) is 18.2 Å². The molecule has 3 aromatic rings. The number of hydrogen-bond donors (Lipinski definition) is 0. The second-order valence-corrected chi connectivity index (χ2v) is 8.00. The van der Waals surface area contributed by atoms with Gasteiger partial charge in [-0.3, -0.25) is 9.59 Å². The van der Waals surface area contributed by atoms with Gasteiger partial charge in [-0.15, -0.1) is 11.3 Å². The van der Waals surface area contributed by atoms with E-state index in [0.29, 0.717) is 31.7 Å². The Bertz CT molecular complexity index is 1000. The first-order chi connectivity index (χ1) is 14.2. The topological polar surface area (TPSA) is 40.6 Å². The number of piperazine rings is 1. The summed E-state index contributed by atoms with van der Waals surface area (Å²) < 4.78 is 0. The number of benzene rings is 2. The molecule has 1 aliphatic rings. The molecule has 1 aliphatic heterocycles. The number of carbonyl (C=O) groups is 2. The van der Waals surface area contributed by atoms with Crippen LogP contribution in [0.25, 0.3) is 16.5 Å². The molecule has 146 valence electrons. The lowest BCUT2D eigenvalue weighted by Gasteiger charge is -2.34. The molecule has 0 aliphatic carbocycles. The van der Waals surface area contributed by atoms with Crippen LogP contribution in [-0.4, -0.2) is 47.8 Å². The summed E-state index contributed by atoms with van der Waals surface area (Å²) in [6.07, 6.45) is 3.51. The second kappa shape index (κ2) is 8.88. The Morgan fingerprint density at radius 3 is 2.07 bits per heavy atom. The van der Waals surface area contributed by atoms with E-state index in [9.17, 15) is 9.59 Å². The molecule has 4 nitrogen and oxygen atoms in total. The zero-order chi connectivity index (χ0) is 20.1. The van der Waals surface area contributed by atoms with E-state index in [0.717, 1.165) is 4.88 Å². The maximum Gasteiger partial charge on any atom is 0.253 e. The summed E-state index contributed by atoms with van der Waals surface area (Å²) in [5.74, 6) is 0.0201. The second-order valence-electron chi connectivity index (χ2n) is 6.88. The van der Waals surface area contributed by atoms with Crippen molar-refractivity contribution in [1.82, 2.24) is 9.80 Å². The number of thiophene rings is 1. The van der Waals surface area contributed by atoms with Crippen molar-refractivity contribution >= 4 is 29.2 Å². The summed E-state index contributed by atoms with van der Waals surface area (Å²) in [6.45, 7) is 2.23. The van der Waals surface area contributed by atoms with Crippen LogP contribution in [0, 0.1) is 0 Å². The van der Waals surface area contributed by atoms with Crippen molar-refractivity contribution in [3.05, 3.63) is 89.3 Å². The zero-order valence-electron chi connectivity index (χ0n) is 16.0. The fraction of sp³-hybridized carbons (Fsp3) is 0.167. The highest BCUT2D eigenvalue weighted by atomic mass is 32.1. The minimum atomic E-state index is -0.00790. The van der Waals surface area contributed by atoms with Gasteiger partial charge >= 0.3 is 0 Å². The molecule has 0 unspecified atom stereocenters. The molecule has 0 radical (unpaired) electrons. The number of rotatable bonds is 4. The molecule has 0 N–H and O–H groups in total. The van der Waals surface area contributed by atoms with Crippen LogP contribution >= 0.6 is 11.3 Å². The third-order valence-corrected chi connectivity index (χ3v) is 6.07. The molecule has 1 fully saturated rings. The number of hydrogen-bond acceptors (Lipinski definition) is 3. The molecule has 2 aromatic carbocycles. The molecule has 0 bridgehead atoms. The summed E-state index contributed by atoms with van der Waals surface area (Å²) in [5.41, 5.74) is 1.88. The Balaban J connectivity index is 1.32. The van der Waals surface area contributed by atoms with Crippen LogP contribution in [0.3, 0.4) is 0 Å². The van der Waals surface area contributed by atoms with E-state index >= 15 is 0 Å². The summed E-state index contributed by atoms with van der Waals surface area (Å²) in [5, 5.41) is 0. The van der Waals surface area contributed by atoms with E-state index in [1.54, 1.807) is 22.3 Å². The first kappa shape index (κ1) is 19.2. The SMILES string of the molecule is O=C(/C=C/c1ccc(-c2ccccc2)s1)N1CCN(C(=O)c2ccccc2)CC1. The largest absolute Gasteiger partial charge is 0.336 e. The molecular weight excluding hydrogens is 380 g/mol. The van der Waals surface area contributed by atoms with Gasteiger partial charge in [0.05, 0.1) is 0 Å². The van der Waals surface area contributed by atoms with E-state index in [4.69, 9.17) is 0 Å². The van der Waals surface area contributed by atoms with Crippen LogP contribution < -0.4 is 0 Å². The smallest absolute Gasteiger partial charge is 0.253 e. The van der Waals surface area contributed by atoms with Crippen molar-refractivity contribution in [1.29, 1.82) is 0 Å². The minimum Gasteiger partial charge on any atom is -0.336 e. The van der Waals surface area contributed by atoms with Crippen LogP contribution in [0.15, 0.2) is 78.9 Å². The molecule has 0 spiro atoms. The Morgan fingerprint density at radius 2 is 1.38 bits per heavy atom. The maximum atomic E-state index is 12.5. The van der Waals surface area contributed by atoms with Gasteiger partial charge in [-0.2, -0.15) is 0 Å². The van der Waals surface area contributed by atoms with Crippen LogP contribution in [-0.2, 0) is 4.79 Å². The van der Waals surface area contributed by atoms with Gasteiger partial charge in [-0.1, -0.05) is 48.5 Å². The maximum absolute atomic E-state index is 12.5. The summed E-state index contributed by atoms with van der Waals surface area (Å²) in [4.78, 5) is 30.9. The quantitative estimate of drug-likeness (QED) is 0.607. The first-order valence-electron chi connectivity index (χ1n) is 9.67. The van der Waals surface area contributed by atoms with E-state index in [1.807, 2.05) is 65.6 Å². The van der Waals surface area contributed by atoms with Crippen molar-refractivity contribution < 1.29 is 9.59 Å². The summed E-state index contributed by atoms with van der Waals surface area (Å²) in [7, 11) is 0. The number of amides is 2. The Morgan fingerprint density at radius 1 is 0.759 bits per heavy atom. The summed E-state index contributed by atoms with van der Waals surface area (Å²) >= 11 is 1.67. The fourth-order valence-electron chi connectivity index (χ4n) is 3.35. The monoisotopic (exact) mass is 402 g/mol. The standard InChI is InChI=1S/C24H22N2O2S/c27-23(14-12-21-11-13-22(29-21)19-7-3-1-4-8-19)25-15-17-26(18-16-25)24(28)20-9-5-2-6-10-20/h1-14H,15-18H2/b14-12+. The molecule has 1 saturated heterocycles. The van der Waals surface area contributed by atoms with Crippen LogP contribution in [0.5, 0.6) is 0 Å². The highest BCUT2D eigenvalue weighted by molar-refractivity contribution is 7.16. The van der Waals surface area contributed by atoms with Gasteiger partial charge in [-0.25, -0.2) is 0 Å². The average molecular weight is 403 g/mol. The lowest BCUT2D eigenvalue weighted by atomic mass is 10.2. The number of carbonyl (C=O) groups excluding carboxylic acids is 2. The van der Waals surface area contributed by atoms with Gasteiger partial charge in [0.25, 0.3) is 5.91 Å². The Labute approximate surface area is 174 Å². The lowest BCUT2D eigenvalue weighted by Crippen LogP contribution is -2.50. The molecule has 2 amide bonds. The first-order valence-corrected chi connectivity index (χ1v) is 10.5. The molecule has 1 aromatic heterocycles. The van der Waals surface area contributed by atoms with Crippen molar-refractivity contribution in [2.75, 3.05) is 26.2 Å². The molecule has 0 atom stereocenters. The van der Waals surface area contributed by atoms with Gasteiger partial charge in [0.15, 0.2) is 0 Å². The molecule has 4 rings (SSSR count). The van der Waals surface area contributed by atoms with E-state index in [-0.39, 0.29) is 11.8 Å². The Kier molecular flexibility index (Phi) is 5.86. The molecule has 29 heavy (non-hydrogen) atoms. The van der Waals surface area contributed by atoms with Crippen molar-refractivity contribution in [2.24, 2.45) is 0 Å². The third-order valence-electron chi connectivity index (χ3n) is 4.97. The molecule has 5 heteroatoms. The van der Waals surface area contributed by atoms with Crippen molar-refractivity contribution in [2.45, 2.75) is 0 Å². The van der Waals surface area contributed by atoms with E-state index < -0.39 is 0 Å². The Hall–Kier alpha value is -3.18. The lowest BCUT2D eigenvalue weighted by molar-refractivity contribution is -0.127. The average Bonchev–Trinajstić information content (AvgIpc) is 3.27. The van der Waals surface area contributed by atoms with Crippen LogP contribution in [0.4, 0.5) is 0 Å². The van der Waals surface area contributed by atoms with E-state index in [1.165, 1.54) is 10.4 Å². The fourth-order valence-corrected chi connectivity index (χ4v) is 4.27. The van der Waals surface area contributed by atoms with Gasteiger partial charge in [0.2, 0.25) is 5.91 Å². The number of nitrogens with zero attached hydrogens (tertiary/aromatic N) is 2. The third kappa shape index (κ3) is 4.63. The summed E-state index contributed by atoms with van der Waals surface area (Å²) in [6, 6.07) is 23.6. The minimum absolute atomic E-state index is 0.00790. The van der Waals surface area contributed by atoms with Gasteiger partial charge in [-0.05, 0) is 35.9 Å². The molecule has 2 heterocycles.